The molecule has 0 N–H and O–H groups in total. The van der Waals surface area contributed by atoms with Crippen molar-refractivity contribution in [2.75, 3.05) is 43.0 Å². The molecule has 0 unspecified atom stereocenters. The van der Waals surface area contributed by atoms with Gasteiger partial charge in [0.25, 0.3) is 0 Å². The number of pyridine rings is 1. The number of carbonyl (C=O) groups excluding carboxylic acids is 1. The van der Waals surface area contributed by atoms with E-state index in [9.17, 15) is 14.4 Å². The molecule has 0 bridgehead atoms. The number of hydrogen-bond donors (Lipinski definition) is 0. The summed E-state index contributed by atoms with van der Waals surface area (Å²) in [7, 11) is 1.91. The number of nitrogens with zero attached hydrogens (tertiary/aromatic N) is 9. The van der Waals surface area contributed by atoms with Crippen LogP contribution in [0.25, 0.3) is 28.0 Å². The molecule has 216 valence electrons. The van der Waals surface area contributed by atoms with Gasteiger partial charge in [-0.15, -0.1) is 0 Å². The third-order valence-electron chi connectivity index (χ3n) is 8.09. The Kier molecular flexibility index (Phi) is 6.74. The van der Waals surface area contributed by atoms with E-state index in [2.05, 4.69) is 23.0 Å². The number of benzene rings is 1. The van der Waals surface area contributed by atoms with Crippen LogP contribution < -0.4 is 9.80 Å². The second-order valence-corrected chi connectivity index (χ2v) is 11.8. The van der Waals surface area contributed by atoms with Crippen molar-refractivity contribution in [2.45, 2.75) is 19.8 Å². The zero-order chi connectivity index (χ0) is 29.7. The molecule has 0 spiro atoms. The summed E-state index contributed by atoms with van der Waals surface area (Å²) in [6.45, 7) is 5.11. The summed E-state index contributed by atoms with van der Waals surface area (Å²) in [5.41, 5.74) is 4.67. The van der Waals surface area contributed by atoms with Crippen LogP contribution >= 0.6 is 11.3 Å². The normalized spacial score (nSPS) is 14.8. The van der Waals surface area contributed by atoms with Gasteiger partial charge in [0.1, 0.15) is 33.9 Å². The topological polar surface area (TPSA) is 107 Å². The van der Waals surface area contributed by atoms with Gasteiger partial charge in [0.05, 0.1) is 11.6 Å². The summed E-state index contributed by atoms with van der Waals surface area (Å²) in [5.74, 6) is 1.41. The predicted molar refractivity (Wildman–Crippen MR) is 163 cm³/mol. The number of fused-ring (bicyclic) bond motifs is 1. The van der Waals surface area contributed by atoms with E-state index in [1.165, 1.54) is 23.5 Å². The highest BCUT2D eigenvalue weighted by Gasteiger charge is 2.38. The van der Waals surface area contributed by atoms with Gasteiger partial charge in [0.2, 0.25) is 11.9 Å². The summed E-state index contributed by atoms with van der Waals surface area (Å²) in [4.78, 5) is 37.7. The minimum absolute atomic E-state index is 0.0317. The fourth-order valence-corrected chi connectivity index (χ4v) is 6.34. The zero-order valence-electron chi connectivity index (χ0n) is 23.7. The fraction of sp³-hybridized carbons (Fsp3) is 0.290. The second-order valence-electron chi connectivity index (χ2n) is 10.8. The van der Waals surface area contributed by atoms with Gasteiger partial charge in [-0.25, -0.2) is 24.3 Å². The third-order valence-corrected chi connectivity index (χ3v) is 9.13. The van der Waals surface area contributed by atoms with Crippen LogP contribution in [0.5, 0.6) is 0 Å². The second kappa shape index (κ2) is 10.7. The van der Waals surface area contributed by atoms with E-state index in [0.717, 1.165) is 47.8 Å². The summed E-state index contributed by atoms with van der Waals surface area (Å²) < 4.78 is 15.5. The number of aryl methyl sites for hydroxylation is 1. The number of thiazole rings is 1. The van der Waals surface area contributed by atoms with Gasteiger partial charge in [-0.3, -0.25) is 9.20 Å². The Hall–Kier alpha value is -4.89. The molecule has 0 atom stereocenters. The minimum Gasteiger partial charge on any atom is -0.342 e. The van der Waals surface area contributed by atoms with E-state index >= 15 is 0 Å². The third kappa shape index (κ3) is 4.75. The number of likely N-dealkylation sites (tertiary alicyclic amines) is 1. The quantitative estimate of drug-likeness (QED) is 0.262. The van der Waals surface area contributed by atoms with Crippen LogP contribution in [-0.2, 0) is 11.2 Å². The number of anilines is 3. The number of rotatable bonds is 7. The van der Waals surface area contributed by atoms with Crippen molar-refractivity contribution in [3.63, 3.8) is 0 Å². The van der Waals surface area contributed by atoms with Crippen molar-refractivity contribution < 1.29 is 9.18 Å². The number of amides is 1. The minimum atomic E-state index is -0.341. The zero-order valence-corrected chi connectivity index (χ0v) is 24.6. The van der Waals surface area contributed by atoms with Gasteiger partial charge < -0.3 is 14.7 Å². The molecule has 7 rings (SSSR count). The van der Waals surface area contributed by atoms with E-state index in [1.54, 1.807) is 12.1 Å². The average Bonchev–Trinajstić information content (AvgIpc) is 3.57. The molecule has 5 aromatic rings. The first-order valence-corrected chi connectivity index (χ1v) is 15.0. The Labute approximate surface area is 251 Å². The molecule has 2 aliphatic heterocycles. The van der Waals surface area contributed by atoms with Crippen molar-refractivity contribution >= 4 is 39.8 Å². The van der Waals surface area contributed by atoms with Crippen LogP contribution in [0.4, 0.5) is 21.3 Å². The Morgan fingerprint density at radius 2 is 1.79 bits per heavy atom. The van der Waals surface area contributed by atoms with E-state index in [4.69, 9.17) is 9.97 Å². The van der Waals surface area contributed by atoms with Gasteiger partial charge in [-0.05, 0) is 49.2 Å². The lowest BCUT2D eigenvalue weighted by Crippen LogP contribution is -2.57. The number of imidazole rings is 1. The van der Waals surface area contributed by atoms with Crippen LogP contribution in [0.15, 0.2) is 55.0 Å². The number of aromatic nitrogens is 5. The summed E-state index contributed by atoms with van der Waals surface area (Å²) in [5, 5.41) is 10.4. The van der Waals surface area contributed by atoms with Crippen LogP contribution in [0.2, 0.25) is 0 Å². The summed E-state index contributed by atoms with van der Waals surface area (Å²) >= 11 is 1.28. The van der Waals surface area contributed by atoms with Gasteiger partial charge in [0, 0.05) is 68.5 Å². The maximum atomic E-state index is 13.5. The predicted octanol–water partition coefficient (Wildman–Crippen LogP) is 4.92. The van der Waals surface area contributed by atoms with E-state index in [1.807, 2.05) is 56.9 Å². The molecular weight excluding hydrogens is 565 g/mol. The van der Waals surface area contributed by atoms with Crippen LogP contribution in [-0.4, -0.2) is 68.4 Å². The monoisotopic (exact) mass is 593 g/mol. The van der Waals surface area contributed by atoms with Crippen molar-refractivity contribution in [3.8, 4) is 28.5 Å². The summed E-state index contributed by atoms with van der Waals surface area (Å²) in [6, 6.07) is 12.2. The number of nitriles is 1. The van der Waals surface area contributed by atoms with E-state index in [-0.39, 0.29) is 17.6 Å². The van der Waals surface area contributed by atoms with Crippen molar-refractivity contribution in [1.82, 2.24) is 29.2 Å². The highest BCUT2D eigenvalue weighted by molar-refractivity contribution is 7.16. The van der Waals surface area contributed by atoms with E-state index < -0.39 is 0 Å². The Balaban J connectivity index is 1.16. The Morgan fingerprint density at radius 1 is 1.07 bits per heavy atom. The SMILES string of the molecule is CCc1nc2ccc(-c3cnc(N4CC(C(=O)N5CCC5)C4)nc3)cn2c1N(C)c1nc(-c2ccc(F)cc2)c(C#N)s1. The van der Waals surface area contributed by atoms with Crippen LogP contribution in [0.1, 0.15) is 23.9 Å². The molecule has 2 saturated heterocycles. The van der Waals surface area contributed by atoms with Crippen LogP contribution in [0.3, 0.4) is 0 Å². The first-order valence-electron chi connectivity index (χ1n) is 14.2. The maximum absolute atomic E-state index is 13.5. The molecule has 4 aromatic heterocycles. The molecule has 2 aliphatic rings. The van der Waals surface area contributed by atoms with Gasteiger partial charge in [-0.2, -0.15) is 5.26 Å². The summed E-state index contributed by atoms with van der Waals surface area (Å²) in [6.07, 6.45) is 7.43. The first kappa shape index (κ1) is 27.0. The van der Waals surface area contributed by atoms with Crippen LogP contribution in [0, 0.1) is 23.1 Å². The van der Waals surface area contributed by atoms with E-state index in [0.29, 0.717) is 46.7 Å². The van der Waals surface area contributed by atoms with Gasteiger partial charge in [-0.1, -0.05) is 18.3 Å². The van der Waals surface area contributed by atoms with Crippen molar-refractivity contribution in [1.29, 1.82) is 5.26 Å². The average molecular weight is 594 g/mol. The molecule has 0 saturated carbocycles. The highest BCUT2D eigenvalue weighted by Crippen LogP contribution is 2.37. The largest absolute Gasteiger partial charge is 0.342 e. The Morgan fingerprint density at radius 3 is 2.44 bits per heavy atom. The molecule has 10 nitrogen and oxygen atoms in total. The molecule has 0 radical (unpaired) electrons. The molecule has 1 aromatic carbocycles. The fourth-order valence-electron chi connectivity index (χ4n) is 5.49. The van der Waals surface area contributed by atoms with Gasteiger partial charge >= 0.3 is 0 Å². The molecule has 12 heteroatoms. The smallest absolute Gasteiger partial charge is 0.229 e. The lowest BCUT2D eigenvalue weighted by Gasteiger charge is -2.42. The lowest BCUT2D eigenvalue weighted by atomic mass is 9.97. The molecular formula is C31H28FN9OS. The van der Waals surface area contributed by atoms with Crippen molar-refractivity contribution in [3.05, 3.63) is 71.4 Å². The molecule has 2 fully saturated rings. The van der Waals surface area contributed by atoms with Crippen molar-refractivity contribution in [2.24, 2.45) is 5.92 Å². The Bertz CT molecular complexity index is 1870. The van der Waals surface area contributed by atoms with Gasteiger partial charge in [0.15, 0.2) is 5.13 Å². The first-order chi connectivity index (χ1) is 20.9. The standard InChI is InChI=1S/C31H28FN9OS/c1-3-24-28(38(2)31-37-27(25(13-33)43-31)19-5-8-23(32)9-6-19)41-18-20(7-10-26(41)36-24)21-14-34-30(35-15-21)40-16-22(17-40)29(42)39-11-4-12-39/h5-10,14-15,18,22H,3-4,11-12,16-17H2,1-2H3. The lowest BCUT2D eigenvalue weighted by molar-refractivity contribution is -0.139. The molecule has 0 aliphatic carbocycles. The highest BCUT2D eigenvalue weighted by atomic mass is 32.1. The molecule has 43 heavy (non-hydrogen) atoms. The molecule has 1 amide bonds. The maximum Gasteiger partial charge on any atom is 0.229 e. The number of carbonyl (C=O) groups is 1. The number of halogens is 1. The number of hydrogen-bond acceptors (Lipinski definition) is 9. The molecule has 6 heterocycles.